The fourth-order valence-corrected chi connectivity index (χ4v) is 4.69. The molecule has 2 aliphatic carbocycles. The summed E-state index contributed by atoms with van der Waals surface area (Å²) in [7, 11) is 0. The second-order valence-electron chi connectivity index (χ2n) is 8.42. The molecule has 2 aliphatic rings. The van der Waals surface area contributed by atoms with E-state index in [2.05, 4.69) is 0 Å². The Kier molecular flexibility index (Phi) is 7.80. The summed E-state index contributed by atoms with van der Waals surface area (Å²) >= 11 is 0. The van der Waals surface area contributed by atoms with Crippen molar-refractivity contribution >= 4 is 5.97 Å². The third kappa shape index (κ3) is 6.39. The topological polar surface area (TPSA) is 50.1 Å². The highest BCUT2D eigenvalue weighted by atomic mass is 19.1. The summed E-state index contributed by atoms with van der Waals surface area (Å²) in [4.78, 5) is 12.6. The maximum absolute atomic E-state index is 13.1. The highest BCUT2D eigenvalue weighted by Crippen LogP contribution is 2.37. The van der Waals surface area contributed by atoms with Crippen LogP contribution in [0.1, 0.15) is 75.7 Å². The summed E-state index contributed by atoms with van der Waals surface area (Å²) in [5.74, 6) is -0.101. The van der Waals surface area contributed by atoms with Crippen molar-refractivity contribution in [3.63, 3.8) is 0 Å². The smallest absolute Gasteiger partial charge is 0.309 e. The minimum atomic E-state index is -0.707. The minimum Gasteiger partial charge on any atom is -0.462 e. The molecule has 156 valence electrons. The zero-order chi connectivity index (χ0) is 20.6. The van der Waals surface area contributed by atoms with E-state index in [9.17, 15) is 13.6 Å². The van der Waals surface area contributed by atoms with Crippen LogP contribution >= 0.6 is 0 Å². The standard InChI is InChI=1S/C24H29F2NO2/c25-21-12-10-19(11-13-21)18-6-8-20(9-7-18)24(28)29-23-14-4-17(5-15-23)2-1-3-22(26)16-27/h3,10-13,17-18,20,23H,1-2,4-9,14-15H2/t17-,18-,20-,23-. The van der Waals surface area contributed by atoms with Gasteiger partial charge in [-0.15, -0.1) is 0 Å². The van der Waals surface area contributed by atoms with Gasteiger partial charge in [-0.25, -0.2) is 4.39 Å². The molecule has 0 aliphatic heterocycles. The van der Waals surface area contributed by atoms with E-state index in [1.165, 1.54) is 24.3 Å². The van der Waals surface area contributed by atoms with Crippen LogP contribution in [0.25, 0.3) is 0 Å². The predicted molar refractivity (Wildman–Crippen MR) is 107 cm³/mol. The molecular weight excluding hydrogens is 372 g/mol. The van der Waals surface area contributed by atoms with Gasteiger partial charge >= 0.3 is 5.97 Å². The lowest BCUT2D eigenvalue weighted by Gasteiger charge is -2.31. The molecule has 0 atom stereocenters. The van der Waals surface area contributed by atoms with Crippen molar-refractivity contribution in [2.24, 2.45) is 11.8 Å². The van der Waals surface area contributed by atoms with Gasteiger partial charge in [-0.3, -0.25) is 4.79 Å². The van der Waals surface area contributed by atoms with E-state index in [-0.39, 0.29) is 23.8 Å². The number of esters is 1. The Balaban J connectivity index is 1.36. The van der Waals surface area contributed by atoms with Crippen molar-refractivity contribution in [3.8, 4) is 6.07 Å². The van der Waals surface area contributed by atoms with Gasteiger partial charge in [-0.05, 0) is 99.8 Å². The van der Waals surface area contributed by atoms with E-state index < -0.39 is 5.83 Å². The Morgan fingerprint density at radius 2 is 1.72 bits per heavy atom. The lowest BCUT2D eigenvalue weighted by molar-refractivity contribution is -0.157. The van der Waals surface area contributed by atoms with E-state index in [0.29, 0.717) is 18.3 Å². The van der Waals surface area contributed by atoms with Crippen LogP contribution in [0.3, 0.4) is 0 Å². The molecule has 2 fully saturated rings. The molecule has 0 unspecified atom stereocenters. The van der Waals surface area contributed by atoms with Crippen molar-refractivity contribution in [1.29, 1.82) is 5.26 Å². The third-order valence-electron chi connectivity index (χ3n) is 6.48. The van der Waals surface area contributed by atoms with E-state index in [1.807, 2.05) is 12.1 Å². The van der Waals surface area contributed by atoms with Gasteiger partial charge in [0.15, 0.2) is 5.83 Å². The van der Waals surface area contributed by atoms with Crippen molar-refractivity contribution in [2.45, 2.75) is 76.2 Å². The number of halogens is 2. The largest absolute Gasteiger partial charge is 0.462 e. The van der Waals surface area contributed by atoms with Crippen LogP contribution in [0.15, 0.2) is 36.2 Å². The maximum Gasteiger partial charge on any atom is 0.309 e. The van der Waals surface area contributed by atoms with Crippen LogP contribution < -0.4 is 0 Å². The molecule has 0 saturated heterocycles. The van der Waals surface area contributed by atoms with E-state index in [4.69, 9.17) is 10.00 Å². The number of benzene rings is 1. The monoisotopic (exact) mass is 401 g/mol. The molecule has 0 spiro atoms. The summed E-state index contributed by atoms with van der Waals surface area (Å²) in [6.07, 6.45) is 10.0. The lowest BCUT2D eigenvalue weighted by atomic mass is 9.78. The van der Waals surface area contributed by atoms with Crippen LogP contribution in [0, 0.1) is 29.0 Å². The highest BCUT2D eigenvalue weighted by molar-refractivity contribution is 5.72. The number of carbonyl (C=O) groups is 1. The molecular formula is C24H29F2NO2. The molecule has 1 aromatic carbocycles. The molecule has 5 heteroatoms. The van der Waals surface area contributed by atoms with Crippen LogP contribution in [0.2, 0.25) is 0 Å². The molecule has 3 rings (SSSR count). The van der Waals surface area contributed by atoms with Gasteiger partial charge in [0.25, 0.3) is 0 Å². The first-order valence-electron chi connectivity index (χ1n) is 10.8. The first kappa shape index (κ1) is 21.5. The van der Waals surface area contributed by atoms with Crippen LogP contribution in [-0.4, -0.2) is 12.1 Å². The van der Waals surface area contributed by atoms with Gasteiger partial charge in [0.05, 0.1) is 5.92 Å². The maximum atomic E-state index is 13.1. The number of hydrogen-bond acceptors (Lipinski definition) is 3. The molecule has 0 radical (unpaired) electrons. The Labute approximate surface area is 171 Å². The molecule has 3 nitrogen and oxygen atoms in total. The summed E-state index contributed by atoms with van der Waals surface area (Å²) in [6.45, 7) is 0. The van der Waals surface area contributed by atoms with Gasteiger partial charge in [-0.1, -0.05) is 12.1 Å². The van der Waals surface area contributed by atoms with Crippen molar-refractivity contribution in [3.05, 3.63) is 47.5 Å². The number of ether oxygens (including phenoxy) is 1. The quantitative estimate of drug-likeness (QED) is 0.412. The van der Waals surface area contributed by atoms with Crippen molar-refractivity contribution in [2.75, 3.05) is 0 Å². The zero-order valence-corrected chi connectivity index (χ0v) is 16.8. The van der Waals surface area contributed by atoms with E-state index >= 15 is 0 Å². The second kappa shape index (κ2) is 10.5. The van der Waals surface area contributed by atoms with Crippen molar-refractivity contribution in [1.82, 2.24) is 0 Å². The third-order valence-corrected chi connectivity index (χ3v) is 6.48. The molecule has 2 saturated carbocycles. The van der Waals surface area contributed by atoms with E-state index in [1.54, 1.807) is 0 Å². The van der Waals surface area contributed by atoms with Gasteiger partial charge < -0.3 is 4.74 Å². The fraction of sp³-hybridized carbons (Fsp3) is 0.583. The van der Waals surface area contributed by atoms with Gasteiger partial charge in [0.1, 0.15) is 18.0 Å². The predicted octanol–water partition coefficient (Wildman–Crippen LogP) is 6.36. The first-order chi connectivity index (χ1) is 14.0. The zero-order valence-electron chi connectivity index (χ0n) is 16.8. The Morgan fingerprint density at radius 3 is 2.34 bits per heavy atom. The van der Waals surface area contributed by atoms with Crippen LogP contribution in [0.4, 0.5) is 8.78 Å². The highest BCUT2D eigenvalue weighted by Gasteiger charge is 2.31. The molecule has 0 bridgehead atoms. The summed E-state index contributed by atoms with van der Waals surface area (Å²) in [5, 5.41) is 8.42. The molecule has 0 aromatic heterocycles. The lowest BCUT2D eigenvalue weighted by Crippen LogP contribution is -2.29. The Morgan fingerprint density at radius 1 is 1.07 bits per heavy atom. The number of nitrogens with zero attached hydrogens (tertiary/aromatic N) is 1. The van der Waals surface area contributed by atoms with E-state index in [0.717, 1.165) is 63.4 Å². The van der Waals surface area contributed by atoms with Crippen LogP contribution in [-0.2, 0) is 9.53 Å². The number of rotatable bonds is 6. The summed E-state index contributed by atoms with van der Waals surface area (Å²) in [6, 6.07) is 8.20. The molecule has 1 aromatic rings. The van der Waals surface area contributed by atoms with Crippen molar-refractivity contribution < 1.29 is 18.3 Å². The fourth-order valence-electron chi connectivity index (χ4n) is 4.69. The molecule has 0 N–H and O–H groups in total. The van der Waals surface area contributed by atoms with Gasteiger partial charge in [-0.2, -0.15) is 9.65 Å². The van der Waals surface area contributed by atoms with Crippen LogP contribution in [0.5, 0.6) is 0 Å². The number of hydrogen-bond donors (Lipinski definition) is 0. The normalized spacial score (nSPS) is 27.8. The van der Waals surface area contributed by atoms with Gasteiger partial charge in [0.2, 0.25) is 0 Å². The number of carbonyl (C=O) groups excluding carboxylic acids is 1. The molecule has 0 amide bonds. The summed E-state index contributed by atoms with van der Waals surface area (Å²) < 4.78 is 31.7. The number of allylic oxidation sites excluding steroid dienone is 2. The average Bonchev–Trinajstić information content (AvgIpc) is 2.75. The first-order valence-corrected chi connectivity index (χ1v) is 10.8. The number of nitriles is 1. The SMILES string of the molecule is N#CC(F)=CCC[C@H]1CC[C@H](OC(=O)[C@H]2CC[C@H](c3ccc(F)cc3)CC2)CC1. The Hall–Kier alpha value is -2.22. The summed E-state index contributed by atoms with van der Waals surface area (Å²) in [5.41, 5.74) is 1.15. The molecule has 29 heavy (non-hydrogen) atoms. The average molecular weight is 401 g/mol. The van der Waals surface area contributed by atoms with Gasteiger partial charge in [0, 0.05) is 0 Å². The second-order valence-corrected chi connectivity index (χ2v) is 8.42. The Bertz CT molecular complexity index is 737. The minimum absolute atomic E-state index is 0.0000382. The molecule has 0 heterocycles.